The summed E-state index contributed by atoms with van der Waals surface area (Å²) in [6, 6.07) is 7.63. The zero-order valence-electron chi connectivity index (χ0n) is 33.1. The van der Waals surface area contributed by atoms with Crippen molar-refractivity contribution in [2.45, 2.75) is 57.4 Å². The van der Waals surface area contributed by atoms with Gasteiger partial charge in [-0.3, -0.25) is 34.1 Å². The first-order valence-corrected chi connectivity index (χ1v) is 21.3. The molecule has 7 rings (SSSR count). The van der Waals surface area contributed by atoms with Crippen LogP contribution in [0, 0.1) is 35.2 Å². The highest BCUT2D eigenvalue weighted by Gasteiger charge is 2.30. The van der Waals surface area contributed by atoms with Crippen LogP contribution >= 0.6 is 0 Å². The zero-order chi connectivity index (χ0) is 42.7. The minimum absolute atomic E-state index is 0.00201. The third-order valence-electron chi connectivity index (χ3n) is 11.4. The maximum Gasteiger partial charge on any atom is 0.301 e. The molecule has 60 heavy (non-hydrogen) atoms. The highest BCUT2D eigenvalue weighted by atomic mass is 32.2. The molecule has 0 radical (unpaired) electrons. The Kier molecular flexibility index (Phi) is 12.6. The number of nitrogens with zero attached hydrogens (tertiary/aromatic N) is 4. The number of hydrogen-bond acceptors (Lipinski definition) is 9. The molecule has 3 aliphatic rings. The Morgan fingerprint density at radius 1 is 0.983 bits per heavy atom. The quantitative estimate of drug-likeness (QED) is 0.0962. The number of aromatic nitrogens is 2. The number of hydrogen-bond donors (Lipinski definition) is 4. The van der Waals surface area contributed by atoms with Crippen molar-refractivity contribution < 1.29 is 40.8 Å². The molecule has 4 N–H and O–H groups in total. The number of halogens is 3. The van der Waals surface area contributed by atoms with Crippen LogP contribution in [0.1, 0.15) is 78.4 Å². The summed E-state index contributed by atoms with van der Waals surface area (Å²) in [7, 11) is -2.86. The molecule has 5 heterocycles. The number of pyridine rings is 1. The number of ketones is 1. The molecule has 14 nitrogen and oxygen atoms in total. The fourth-order valence-corrected chi connectivity index (χ4v) is 8.68. The lowest BCUT2D eigenvalue weighted by Gasteiger charge is -2.35. The predicted molar refractivity (Wildman–Crippen MR) is 218 cm³/mol. The molecule has 0 aliphatic carbocycles. The number of amides is 3. The van der Waals surface area contributed by atoms with Gasteiger partial charge in [0.25, 0.3) is 0 Å². The lowest BCUT2D eigenvalue weighted by Crippen LogP contribution is -2.47. The standard InChI is InChI=1S/C42H45F3N8O6S/c1-3-51(2)60(58,59)50-34-9-8-32(43)38(39(34)45)40(56)31-23-47-41-30(31)20-26(22-46-41)5-4-25-12-18-53(19-13-25)37(55)24-52-16-14-27(15-17-52)29-7-6-28(21-33(29)44)48-35-10-11-36(54)49-42(35)57/h6-9,20-23,25,27,35,48,50H,3,10-19,24H2,1-2H3,(H,46,47)(H,49,54,57). The van der Waals surface area contributed by atoms with Crippen LogP contribution in [0.15, 0.2) is 48.8 Å². The molecule has 1 unspecified atom stereocenters. The topological polar surface area (TPSA) is 177 Å². The summed E-state index contributed by atoms with van der Waals surface area (Å²) in [6.07, 6.45) is 6.09. The summed E-state index contributed by atoms with van der Waals surface area (Å²) in [6.45, 7) is 4.32. The van der Waals surface area contributed by atoms with Crippen LogP contribution in [0.3, 0.4) is 0 Å². The van der Waals surface area contributed by atoms with E-state index in [1.54, 1.807) is 25.1 Å². The van der Waals surface area contributed by atoms with E-state index in [9.17, 15) is 32.0 Å². The van der Waals surface area contributed by atoms with Gasteiger partial charge in [0.05, 0.1) is 17.8 Å². The predicted octanol–water partition coefficient (Wildman–Crippen LogP) is 4.51. The SMILES string of the molecule is CCN(C)S(=O)(=O)Nc1ccc(F)c(C(=O)c2c[nH]c3ncc(C#CC4CCN(C(=O)CN5CCC(c6ccc(NC7CCC(=O)NC7=O)cc6F)CC5)CC4)cc23)c1F. The van der Waals surface area contributed by atoms with E-state index < -0.39 is 50.8 Å². The van der Waals surface area contributed by atoms with Gasteiger partial charge in [-0.1, -0.05) is 24.8 Å². The van der Waals surface area contributed by atoms with E-state index in [4.69, 9.17) is 0 Å². The maximum atomic E-state index is 15.5. The number of carbonyl (C=O) groups excluding carboxylic acids is 4. The third kappa shape index (κ3) is 9.33. The zero-order valence-corrected chi connectivity index (χ0v) is 33.9. The second-order valence-electron chi connectivity index (χ2n) is 15.3. The van der Waals surface area contributed by atoms with Crippen LogP contribution < -0.4 is 15.4 Å². The first kappa shape index (κ1) is 42.4. The molecule has 0 saturated carbocycles. The van der Waals surface area contributed by atoms with E-state index in [0.717, 1.165) is 16.4 Å². The van der Waals surface area contributed by atoms with Crippen molar-refractivity contribution in [2.24, 2.45) is 5.92 Å². The lowest BCUT2D eigenvalue weighted by atomic mass is 9.89. The Labute approximate surface area is 345 Å². The summed E-state index contributed by atoms with van der Waals surface area (Å²) in [5, 5.41) is 5.59. The molecular formula is C42H45F3N8O6S. The van der Waals surface area contributed by atoms with Crippen LogP contribution in [-0.4, -0.2) is 108 Å². The molecule has 0 spiro atoms. The summed E-state index contributed by atoms with van der Waals surface area (Å²) >= 11 is 0. The fraction of sp³-hybridized carbons (Fsp3) is 0.405. The van der Waals surface area contributed by atoms with Gasteiger partial charge in [0.2, 0.25) is 23.5 Å². The number of aromatic amines is 1. The van der Waals surface area contributed by atoms with Gasteiger partial charge in [-0.2, -0.15) is 12.7 Å². The van der Waals surface area contributed by atoms with Gasteiger partial charge in [-0.15, -0.1) is 0 Å². The molecule has 0 bridgehead atoms. The smallest absolute Gasteiger partial charge is 0.301 e. The molecular weight excluding hydrogens is 802 g/mol. The van der Waals surface area contributed by atoms with Crippen molar-refractivity contribution in [1.29, 1.82) is 0 Å². The van der Waals surface area contributed by atoms with Gasteiger partial charge in [0.1, 0.15) is 23.3 Å². The molecule has 3 aliphatic heterocycles. The molecule has 1 atom stereocenters. The Bertz CT molecular complexity index is 2500. The van der Waals surface area contributed by atoms with E-state index in [1.807, 2.05) is 4.90 Å². The van der Waals surface area contributed by atoms with Gasteiger partial charge in [-0.25, -0.2) is 18.2 Å². The van der Waals surface area contributed by atoms with Gasteiger partial charge in [0, 0.05) is 73.6 Å². The van der Waals surface area contributed by atoms with Crippen LogP contribution in [0.4, 0.5) is 24.5 Å². The molecule has 3 saturated heterocycles. The van der Waals surface area contributed by atoms with Crippen LogP contribution in [0.2, 0.25) is 0 Å². The van der Waals surface area contributed by atoms with Crippen molar-refractivity contribution in [1.82, 2.24) is 29.4 Å². The van der Waals surface area contributed by atoms with E-state index in [1.165, 1.54) is 25.5 Å². The van der Waals surface area contributed by atoms with E-state index in [0.29, 0.717) is 80.7 Å². The Morgan fingerprint density at radius 3 is 2.43 bits per heavy atom. The van der Waals surface area contributed by atoms with Crippen molar-refractivity contribution in [3.63, 3.8) is 0 Å². The third-order valence-corrected chi connectivity index (χ3v) is 13.0. The van der Waals surface area contributed by atoms with Crippen molar-refractivity contribution in [2.75, 3.05) is 56.4 Å². The molecule has 3 fully saturated rings. The minimum Gasteiger partial charge on any atom is -0.374 e. The highest BCUT2D eigenvalue weighted by Crippen LogP contribution is 2.32. The normalized spacial score (nSPS) is 18.3. The Hall–Kier alpha value is -5.77. The monoisotopic (exact) mass is 846 g/mol. The molecule has 3 amide bonds. The maximum absolute atomic E-state index is 15.5. The lowest BCUT2D eigenvalue weighted by molar-refractivity contribution is -0.134. The van der Waals surface area contributed by atoms with Gasteiger partial charge < -0.3 is 15.2 Å². The van der Waals surface area contributed by atoms with Gasteiger partial charge >= 0.3 is 10.2 Å². The largest absolute Gasteiger partial charge is 0.374 e. The summed E-state index contributed by atoms with van der Waals surface area (Å²) in [4.78, 5) is 61.4. The highest BCUT2D eigenvalue weighted by molar-refractivity contribution is 7.90. The molecule has 2 aromatic carbocycles. The van der Waals surface area contributed by atoms with Gasteiger partial charge in [-0.05, 0) is 87.0 Å². The average molecular weight is 847 g/mol. The number of nitrogens with one attached hydrogen (secondary N) is 4. The van der Waals surface area contributed by atoms with Crippen molar-refractivity contribution in [3.8, 4) is 11.8 Å². The average Bonchev–Trinajstić information content (AvgIpc) is 3.66. The molecule has 4 aromatic rings. The molecule has 2 aromatic heterocycles. The van der Waals surface area contributed by atoms with Crippen LogP contribution in [-0.2, 0) is 24.6 Å². The number of anilines is 2. The second kappa shape index (κ2) is 17.8. The number of fused-ring (bicyclic) bond motifs is 1. The number of likely N-dealkylation sites (tertiary alicyclic amines) is 2. The fourth-order valence-electron chi connectivity index (χ4n) is 7.75. The Balaban J connectivity index is 0.908. The summed E-state index contributed by atoms with van der Waals surface area (Å²) < 4.78 is 73.7. The van der Waals surface area contributed by atoms with Gasteiger partial charge in [0.15, 0.2) is 5.82 Å². The first-order valence-electron chi connectivity index (χ1n) is 19.9. The number of rotatable bonds is 11. The van der Waals surface area contributed by atoms with Crippen molar-refractivity contribution >= 4 is 56.1 Å². The summed E-state index contributed by atoms with van der Waals surface area (Å²) in [5.41, 5.74) is 0.297. The summed E-state index contributed by atoms with van der Waals surface area (Å²) in [5.74, 6) is 1.77. The molecule has 316 valence electrons. The van der Waals surface area contributed by atoms with Crippen molar-refractivity contribution in [3.05, 3.63) is 88.5 Å². The number of H-pyrrole nitrogens is 1. The first-order chi connectivity index (χ1) is 28.7. The number of benzene rings is 2. The number of imide groups is 1. The van der Waals surface area contributed by atoms with Crippen LogP contribution in [0.5, 0.6) is 0 Å². The number of carbonyl (C=O) groups is 4. The Morgan fingerprint density at radius 2 is 1.73 bits per heavy atom. The van der Waals surface area contributed by atoms with Crippen LogP contribution in [0.25, 0.3) is 11.0 Å². The van der Waals surface area contributed by atoms with E-state index in [-0.39, 0.29) is 59.9 Å². The number of piperidine rings is 3. The van der Waals surface area contributed by atoms with E-state index in [2.05, 4.69) is 42.1 Å². The van der Waals surface area contributed by atoms with E-state index >= 15 is 8.78 Å². The molecule has 18 heteroatoms. The second-order valence-corrected chi connectivity index (χ2v) is 17.1. The minimum atomic E-state index is -4.15.